The van der Waals surface area contributed by atoms with Gasteiger partial charge in [0.25, 0.3) is 0 Å². The summed E-state index contributed by atoms with van der Waals surface area (Å²) in [6.45, 7) is 0. The van der Waals surface area contributed by atoms with Gasteiger partial charge in [-0.25, -0.2) is 0 Å². The zero-order chi connectivity index (χ0) is 50.4. The van der Waals surface area contributed by atoms with Gasteiger partial charge in [-0.15, -0.1) is 0 Å². The van der Waals surface area contributed by atoms with Gasteiger partial charge in [0, 0.05) is 44.2 Å². The third-order valence-corrected chi connectivity index (χ3v) is 15.2. The van der Waals surface area contributed by atoms with Gasteiger partial charge in [0.1, 0.15) is 0 Å². The number of aromatic nitrogens is 1. The van der Waals surface area contributed by atoms with E-state index in [2.05, 4.69) is 313 Å². The first-order chi connectivity index (χ1) is 37.7. The van der Waals surface area contributed by atoms with Crippen molar-refractivity contribution >= 4 is 55.2 Å². The summed E-state index contributed by atoms with van der Waals surface area (Å²) < 4.78 is 2.48. The number of rotatable bonds is 10. The topological polar surface area (TPSA) is 7.65 Å². The van der Waals surface area contributed by atoms with Gasteiger partial charge in [0.15, 0.2) is 0 Å². The van der Waals surface area contributed by atoms with Gasteiger partial charge < -0.3 is 9.30 Å². The zero-order valence-corrected chi connectivity index (χ0v) is 41.8. The molecule has 14 rings (SSSR count). The number of anilines is 3. The van der Waals surface area contributed by atoms with Crippen LogP contribution in [0.25, 0.3) is 116 Å². The molecule has 0 fully saturated rings. The molecule has 0 bridgehead atoms. The predicted molar refractivity (Wildman–Crippen MR) is 323 cm³/mol. The Bertz CT molecular complexity index is 4370. The van der Waals surface area contributed by atoms with Crippen molar-refractivity contribution in [2.24, 2.45) is 0 Å². The van der Waals surface area contributed by atoms with Crippen LogP contribution < -0.4 is 4.90 Å². The number of para-hydroxylation sites is 2. The van der Waals surface area contributed by atoms with Crippen LogP contribution in [0.3, 0.4) is 0 Å². The maximum Gasteiger partial charge on any atom is 0.0626 e. The minimum Gasteiger partial charge on any atom is -0.311 e. The normalized spacial score (nSPS) is 11.4. The summed E-state index contributed by atoms with van der Waals surface area (Å²) in [5.41, 5.74) is 23.8. The number of fused-ring (bicyclic) bond motifs is 8. The molecule has 12 aromatic carbocycles. The minimum atomic E-state index is 1.09. The summed E-state index contributed by atoms with van der Waals surface area (Å²) in [5, 5.41) is 5.03. The van der Waals surface area contributed by atoms with Crippen LogP contribution in [0.2, 0.25) is 0 Å². The van der Waals surface area contributed by atoms with Crippen LogP contribution in [0.15, 0.2) is 303 Å². The van der Waals surface area contributed by atoms with E-state index >= 15 is 0 Å². The molecule has 0 spiro atoms. The second kappa shape index (κ2) is 19.1. The fourth-order valence-electron chi connectivity index (χ4n) is 11.6. The maximum absolute atomic E-state index is 2.48. The number of hydrogen-bond acceptors (Lipinski definition) is 1. The summed E-state index contributed by atoms with van der Waals surface area (Å²) in [7, 11) is 0. The van der Waals surface area contributed by atoms with Gasteiger partial charge in [-0.1, -0.05) is 255 Å². The fourth-order valence-corrected chi connectivity index (χ4v) is 11.6. The first-order valence-corrected chi connectivity index (χ1v) is 26.2. The molecule has 0 radical (unpaired) electrons. The van der Waals surface area contributed by atoms with Crippen LogP contribution in [-0.2, 0) is 0 Å². The molecule has 0 unspecified atom stereocenters. The highest BCUT2D eigenvalue weighted by Crippen LogP contribution is 2.45. The van der Waals surface area contributed by atoms with E-state index in [1.165, 1.54) is 116 Å². The van der Waals surface area contributed by atoms with Crippen molar-refractivity contribution in [2.75, 3.05) is 4.90 Å². The average Bonchev–Trinajstić information content (AvgIpc) is 4.03. The molecule has 2 aromatic heterocycles. The summed E-state index contributed by atoms with van der Waals surface area (Å²) in [6, 6.07) is 110. The molecule has 0 aliphatic carbocycles. The van der Waals surface area contributed by atoms with E-state index in [-0.39, 0.29) is 0 Å². The molecule has 0 amide bonds. The smallest absolute Gasteiger partial charge is 0.0626 e. The van der Waals surface area contributed by atoms with E-state index in [9.17, 15) is 0 Å². The Hall–Kier alpha value is -10.0. The van der Waals surface area contributed by atoms with Crippen LogP contribution in [0.1, 0.15) is 0 Å². The Morgan fingerprint density at radius 3 is 1.04 bits per heavy atom. The van der Waals surface area contributed by atoms with E-state index in [4.69, 9.17) is 0 Å². The van der Waals surface area contributed by atoms with Gasteiger partial charge in [0.2, 0.25) is 0 Å². The molecule has 0 aliphatic heterocycles. The Balaban J connectivity index is 0.773. The first kappa shape index (κ1) is 44.7. The van der Waals surface area contributed by atoms with Crippen molar-refractivity contribution in [2.45, 2.75) is 0 Å². The second-order valence-electron chi connectivity index (χ2n) is 19.6. The lowest BCUT2D eigenvalue weighted by Crippen LogP contribution is -2.09. The lowest BCUT2D eigenvalue weighted by Gasteiger charge is -2.26. The molecule has 356 valence electrons. The predicted octanol–water partition coefficient (Wildman–Crippen LogP) is 20.5. The zero-order valence-electron chi connectivity index (χ0n) is 41.8. The summed E-state index contributed by atoms with van der Waals surface area (Å²) >= 11 is 0. The van der Waals surface area contributed by atoms with Gasteiger partial charge in [-0.05, 0) is 121 Å². The standard InChI is InChI=1S/C74H50N2/c1-4-17-51(18-5-1)55-39-45-61(46-40-55)75(63-49-43-58(44-50-63)65-24-11-10-23-64(65)57-19-6-2-7-20-57)62-47-41-56(42-48-62)53-33-31-52(32-34-53)54-35-37-59(38-36-54)66-27-16-28-69-73(66)68-26-13-15-30-71(68)76-70-29-14-12-25-67(70)72(74(69)76)60-21-8-3-9-22-60/h1-50H. The van der Waals surface area contributed by atoms with Crippen LogP contribution in [0, 0.1) is 0 Å². The van der Waals surface area contributed by atoms with Crippen molar-refractivity contribution < 1.29 is 0 Å². The SMILES string of the molecule is c1ccc(-c2ccc(N(c3ccc(-c4ccc(-c5ccc(-c6cccc7c6c6ccccc6n6c8ccccc8c(-c8ccccc8)c76)cc5)cc4)cc3)c3ccc(-c4ccccc4-c4ccccc4)cc3)cc2)cc1. The van der Waals surface area contributed by atoms with Crippen molar-refractivity contribution in [3.63, 3.8) is 0 Å². The lowest BCUT2D eigenvalue weighted by molar-refractivity contribution is 1.28. The quantitative estimate of drug-likeness (QED) is 0.124. The van der Waals surface area contributed by atoms with Gasteiger partial charge in [0.05, 0.1) is 16.6 Å². The van der Waals surface area contributed by atoms with Crippen LogP contribution in [0.4, 0.5) is 17.1 Å². The third kappa shape index (κ3) is 7.92. The Kier molecular flexibility index (Phi) is 11.2. The molecule has 14 aromatic rings. The van der Waals surface area contributed by atoms with Crippen LogP contribution >= 0.6 is 0 Å². The maximum atomic E-state index is 2.48. The molecular weight excluding hydrogens is 917 g/mol. The van der Waals surface area contributed by atoms with Crippen molar-refractivity contribution in [1.29, 1.82) is 0 Å². The highest BCUT2D eigenvalue weighted by molar-refractivity contribution is 6.25. The van der Waals surface area contributed by atoms with Gasteiger partial charge >= 0.3 is 0 Å². The monoisotopic (exact) mass is 966 g/mol. The van der Waals surface area contributed by atoms with Crippen molar-refractivity contribution in [3.8, 4) is 77.9 Å². The average molecular weight is 967 g/mol. The van der Waals surface area contributed by atoms with Crippen LogP contribution in [-0.4, -0.2) is 4.40 Å². The molecule has 2 heterocycles. The lowest BCUT2D eigenvalue weighted by atomic mass is 9.92. The Morgan fingerprint density at radius 1 is 0.211 bits per heavy atom. The molecule has 0 N–H and O–H groups in total. The highest BCUT2D eigenvalue weighted by Gasteiger charge is 2.21. The van der Waals surface area contributed by atoms with E-state index in [0.717, 1.165) is 17.1 Å². The second-order valence-corrected chi connectivity index (χ2v) is 19.6. The molecule has 2 nitrogen and oxygen atoms in total. The van der Waals surface area contributed by atoms with E-state index in [0.29, 0.717) is 0 Å². The fraction of sp³-hybridized carbons (Fsp3) is 0. The van der Waals surface area contributed by atoms with Crippen molar-refractivity contribution in [3.05, 3.63) is 303 Å². The highest BCUT2D eigenvalue weighted by atomic mass is 15.1. The van der Waals surface area contributed by atoms with Crippen molar-refractivity contribution in [1.82, 2.24) is 4.40 Å². The molecule has 0 atom stereocenters. The molecule has 76 heavy (non-hydrogen) atoms. The molecule has 0 saturated carbocycles. The first-order valence-electron chi connectivity index (χ1n) is 26.2. The van der Waals surface area contributed by atoms with Gasteiger partial charge in [-0.3, -0.25) is 0 Å². The van der Waals surface area contributed by atoms with E-state index < -0.39 is 0 Å². The van der Waals surface area contributed by atoms with Crippen LogP contribution in [0.5, 0.6) is 0 Å². The molecule has 0 aliphatic rings. The largest absolute Gasteiger partial charge is 0.311 e. The van der Waals surface area contributed by atoms with E-state index in [1.807, 2.05) is 0 Å². The number of benzene rings is 12. The number of hydrogen-bond donors (Lipinski definition) is 0. The number of nitrogens with zero attached hydrogens (tertiary/aromatic N) is 2. The van der Waals surface area contributed by atoms with Gasteiger partial charge in [-0.2, -0.15) is 0 Å². The molecule has 2 heteroatoms. The van der Waals surface area contributed by atoms with E-state index in [1.54, 1.807) is 0 Å². The Labute approximate surface area is 443 Å². The Morgan fingerprint density at radius 2 is 0.526 bits per heavy atom. The summed E-state index contributed by atoms with van der Waals surface area (Å²) in [6.07, 6.45) is 0. The number of pyridine rings is 1. The third-order valence-electron chi connectivity index (χ3n) is 15.2. The molecule has 0 saturated heterocycles. The summed E-state index contributed by atoms with van der Waals surface area (Å²) in [4.78, 5) is 2.35. The minimum absolute atomic E-state index is 1.09. The summed E-state index contributed by atoms with van der Waals surface area (Å²) in [5.74, 6) is 0. The molecular formula is C74H50N2.